The second-order valence-electron chi connectivity index (χ2n) is 10.9. The number of carboxylic acids is 1. The van der Waals surface area contributed by atoms with Gasteiger partial charge < -0.3 is 10.4 Å². The van der Waals surface area contributed by atoms with E-state index in [4.69, 9.17) is 5.11 Å². The number of sulfone groups is 1. The standard InChI is InChI=1S/C34H36N2O7S2/c1-5-35-34(39)30-10-6-8-27(18-30)21-36(45(42,43)33-24(3)16-23(2)17-25(33)4)20-26-12-14-28(15-13-26)29-9-7-11-31(19-29)44(40,41)22-32(37)38/h6-19H,5,20-22H2,1-4H3,(H,35,39)(H,37,38). The van der Waals surface area contributed by atoms with Gasteiger partial charge in [-0.05, 0) is 85.3 Å². The van der Waals surface area contributed by atoms with E-state index in [1.807, 2.05) is 26.0 Å². The quantitative estimate of drug-likeness (QED) is 0.213. The van der Waals surface area contributed by atoms with Gasteiger partial charge in [0, 0.05) is 25.2 Å². The molecule has 0 spiro atoms. The maximum Gasteiger partial charge on any atom is 0.319 e. The molecule has 0 saturated carbocycles. The molecule has 45 heavy (non-hydrogen) atoms. The number of carboxylic acid groups (broad SMARTS) is 1. The van der Waals surface area contributed by atoms with Gasteiger partial charge in [0.1, 0.15) is 0 Å². The first-order valence-corrected chi connectivity index (χ1v) is 17.4. The van der Waals surface area contributed by atoms with Crippen LogP contribution in [0.5, 0.6) is 0 Å². The molecular formula is C34H36N2O7S2. The Kier molecular flexibility index (Phi) is 10.3. The van der Waals surface area contributed by atoms with E-state index >= 15 is 0 Å². The SMILES string of the molecule is CCNC(=O)c1cccc(CN(Cc2ccc(-c3cccc(S(=O)(=O)CC(=O)O)c3)cc2)S(=O)(=O)c2c(C)cc(C)cc2C)c1. The van der Waals surface area contributed by atoms with Gasteiger partial charge in [0.25, 0.3) is 5.91 Å². The highest BCUT2D eigenvalue weighted by Crippen LogP contribution is 2.29. The van der Waals surface area contributed by atoms with Crippen molar-refractivity contribution in [1.29, 1.82) is 0 Å². The van der Waals surface area contributed by atoms with E-state index in [1.54, 1.807) is 74.5 Å². The Morgan fingerprint density at radius 1 is 0.756 bits per heavy atom. The number of hydrogen-bond acceptors (Lipinski definition) is 6. The first-order chi connectivity index (χ1) is 21.2. The number of aryl methyl sites for hydroxylation is 3. The number of nitrogens with one attached hydrogen (secondary N) is 1. The summed E-state index contributed by atoms with van der Waals surface area (Å²) in [5.74, 6) is -2.68. The predicted molar refractivity (Wildman–Crippen MR) is 173 cm³/mol. The highest BCUT2D eigenvalue weighted by molar-refractivity contribution is 7.92. The Morgan fingerprint density at radius 2 is 1.38 bits per heavy atom. The third-order valence-corrected chi connectivity index (χ3v) is 10.9. The van der Waals surface area contributed by atoms with Crippen LogP contribution in [0, 0.1) is 20.8 Å². The van der Waals surface area contributed by atoms with E-state index < -0.39 is 31.6 Å². The van der Waals surface area contributed by atoms with Crippen molar-refractivity contribution >= 4 is 31.7 Å². The number of sulfonamides is 1. The molecule has 0 aliphatic carbocycles. The molecular weight excluding hydrogens is 613 g/mol. The number of benzene rings is 4. The summed E-state index contributed by atoms with van der Waals surface area (Å²) in [5.41, 5.74) is 5.28. The third-order valence-electron chi connectivity index (χ3n) is 7.24. The summed E-state index contributed by atoms with van der Waals surface area (Å²) < 4.78 is 54.8. The molecule has 0 aromatic heterocycles. The normalized spacial score (nSPS) is 11.8. The number of carbonyl (C=O) groups is 2. The van der Waals surface area contributed by atoms with Crippen LogP contribution in [0.1, 0.15) is 45.1 Å². The summed E-state index contributed by atoms with van der Waals surface area (Å²) in [7, 11) is -8.00. The average Bonchev–Trinajstić information content (AvgIpc) is 2.96. The van der Waals surface area contributed by atoms with Gasteiger partial charge in [-0.15, -0.1) is 0 Å². The van der Waals surface area contributed by atoms with Gasteiger partial charge in [0.15, 0.2) is 15.6 Å². The molecule has 0 atom stereocenters. The van der Waals surface area contributed by atoms with Gasteiger partial charge in [-0.25, -0.2) is 16.8 Å². The van der Waals surface area contributed by atoms with Crippen LogP contribution in [-0.4, -0.2) is 50.4 Å². The molecule has 4 aromatic rings. The molecule has 236 valence electrons. The minimum Gasteiger partial charge on any atom is -0.480 e. The zero-order chi connectivity index (χ0) is 32.9. The maximum atomic E-state index is 14.3. The van der Waals surface area contributed by atoms with Crippen molar-refractivity contribution in [2.45, 2.75) is 50.6 Å². The van der Waals surface area contributed by atoms with E-state index in [-0.39, 0.29) is 28.8 Å². The Hall–Kier alpha value is -4.32. The first kappa shape index (κ1) is 33.6. The molecule has 9 nitrogen and oxygen atoms in total. The summed E-state index contributed by atoms with van der Waals surface area (Å²) in [4.78, 5) is 23.7. The van der Waals surface area contributed by atoms with E-state index in [0.717, 1.165) is 5.56 Å². The Bertz CT molecular complexity index is 1930. The lowest BCUT2D eigenvalue weighted by Crippen LogP contribution is -2.31. The number of rotatable bonds is 12. The number of aliphatic carboxylic acids is 1. The van der Waals surface area contributed by atoms with Crippen LogP contribution < -0.4 is 5.32 Å². The Labute approximate surface area is 264 Å². The highest BCUT2D eigenvalue weighted by atomic mass is 32.2. The number of hydrogen-bond donors (Lipinski definition) is 2. The number of carbonyl (C=O) groups excluding carboxylic acids is 1. The van der Waals surface area contributed by atoms with Crippen molar-refractivity contribution in [3.05, 3.63) is 118 Å². The van der Waals surface area contributed by atoms with Crippen LogP contribution in [0.3, 0.4) is 0 Å². The van der Waals surface area contributed by atoms with Crippen molar-refractivity contribution in [3.8, 4) is 11.1 Å². The van der Waals surface area contributed by atoms with Crippen molar-refractivity contribution < 1.29 is 31.5 Å². The van der Waals surface area contributed by atoms with Crippen molar-refractivity contribution in [2.75, 3.05) is 12.3 Å². The predicted octanol–water partition coefficient (Wildman–Crippen LogP) is 5.28. The van der Waals surface area contributed by atoms with E-state index in [0.29, 0.717) is 45.5 Å². The van der Waals surface area contributed by atoms with Gasteiger partial charge in [-0.3, -0.25) is 9.59 Å². The molecule has 4 aromatic carbocycles. The molecule has 1 amide bonds. The largest absolute Gasteiger partial charge is 0.480 e. The third kappa shape index (κ3) is 8.05. The second kappa shape index (κ2) is 13.8. The van der Waals surface area contributed by atoms with Crippen molar-refractivity contribution in [1.82, 2.24) is 9.62 Å². The van der Waals surface area contributed by atoms with Gasteiger partial charge in [0.2, 0.25) is 10.0 Å². The van der Waals surface area contributed by atoms with Gasteiger partial charge >= 0.3 is 5.97 Å². The molecule has 0 radical (unpaired) electrons. The lowest BCUT2D eigenvalue weighted by Gasteiger charge is -2.25. The lowest BCUT2D eigenvalue weighted by molar-refractivity contribution is -0.134. The monoisotopic (exact) mass is 648 g/mol. The minimum atomic E-state index is -4.01. The number of nitrogens with zero attached hydrogens (tertiary/aromatic N) is 1. The fraction of sp³-hybridized carbons (Fsp3) is 0.235. The van der Waals surface area contributed by atoms with Crippen LogP contribution >= 0.6 is 0 Å². The van der Waals surface area contributed by atoms with Crippen LogP contribution in [0.2, 0.25) is 0 Å². The van der Waals surface area contributed by atoms with Crippen LogP contribution in [0.4, 0.5) is 0 Å². The van der Waals surface area contributed by atoms with Crippen molar-refractivity contribution in [3.63, 3.8) is 0 Å². The maximum absolute atomic E-state index is 14.3. The summed E-state index contributed by atoms with van der Waals surface area (Å²) in [6.45, 7) is 7.82. The molecule has 0 aliphatic rings. The summed E-state index contributed by atoms with van der Waals surface area (Å²) >= 11 is 0. The number of amides is 1. The lowest BCUT2D eigenvalue weighted by atomic mass is 10.0. The summed E-state index contributed by atoms with van der Waals surface area (Å²) in [6.07, 6.45) is 0. The Morgan fingerprint density at radius 3 is 2.00 bits per heavy atom. The molecule has 0 saturated heterocycles. The molecule has 0 fully saturated rings. The zero-order valence-corrected chi connectivity index (χ0v) is 27.2. The minimum absolute atomic E-state index is 0.0214. The van der Waals surface area contributed by atoms with Crippen LogP contribution in [-0.2, 0) is 37.7 Å². The van der Waals surface area contributed by atoms with Gasteiger partial charge in [-0.2, -0.15) is 4.31 Å². The van der Waals surface area contributed by atoms with E-state index in [2.05, 4.69) is 5.32 Å². The van der Waals surface area contributed by atoms with Gasteiger partial charge in [0.05, 0.1) is 9.79 Å². The Balaban J connectivity index is 1.70. The second-order valence-corrected chi connectivity index (χ2v) is 14.8. The molecule has 11 heteroatoms. The summed E-state index contributed by atoms with van der Waals surface area (Å²) in [5, 5.41) is 11.7. The molecule has 0 bridgehead atoms. The molecule has 0 unspecified atom stereocenters. The fourth-order valence-electron chi connectivity index (χ4n) is 5.33. The highest BCUT2D eigenvalue weighted by Gasteiger charge is 2.29. The van der Waals surface area contributed by atoms with Crippen LogP contribution in [0.15, 0.2) is 94.7 Å². The molecule has 0 aliphatic heterocycles. The molecule has 0 heterocycles. The molecule has 4 rings (SSSR count). The topological polar surface area (TPSA) is 138 Å². The van der Waals surface area contributed by atoms with Crippen molar-refractivity contribution in [2.24, 2.45) is 0 Å². The van der Waals surface area contributed by atoms with E-state index in [1.165, 1.54) is 16.4 Å². The first-order valence-electron chi connectivity index (χ1n) is 14.3. The van der Waals surface area contributed by atoms with Gasteiger partial charge in [-0.1, -0.05) is 66.2 Å². The molecule has 2 N–H and O–H groups in total. The average molecular weight is 649 g/mol. The van der Waals surface area contributed by atoms with Crippen LogP contribution in [0.25, 0.3) is 11.1 Å². The smallest absolute Gasteiger partial charge is 0.319 e. The van der Waals surface area contributed by atoms with E-state index in [9.17, 15) is 26.4 Å². The summed E-state index contributed by atoms with van der Waals surface area (Å²) in [6, 6.07) is 23.7. The zero-order valence-electron chi connectivity index (χ0n) is 25.6. The fourth-order valence-corrected chi connectivity index (χ4v) is 8.24.